The zero-order chi connectivity index (χ0) is 19.2. The number of nitrogens with zero attached hydrogens (tertiary/aromatic N) is 1. The van der Waals surface area contributed by atoms with Gasteiger partial charge in [-0.05, 0) is 61.4 Å². The lowest BCUT2D eigenvalue weighted by atomic mass is 10.2. The van der Waals surface area contributed by atoms with Crippen molar-refractivity contribution in [3.63, 3.8) is 0 Å². The van der Waals surface area contributed by atoms with Gasteiger partial charge in [0.05, 0.1) is 6.54 Å². The number of hydrogen-bond acceptors (Lipinski definition) is 3. The lowest BCUT2D eigenvalue weighted by Gasteiger charge is -2.18. The van der Waals surface area contributed by atoms with Crippen molar-refractivity contribution in [2.45, 2.75) is 12.8 Å². The molecule has 0 aliphatic heterocycles. The molecule has 0 bridgehead atoms. The molecule has 1 aliphatic rings. The van der Waals surface area contributed by atoms with Gasteiger partial charge >= 0.3 is 6.03 Å². The van der Waals surface area contributed by atoms with Crippen molar-refractivity contribution in [3.8, 4) is 5.75 Å². The number of anilines is 2. The maximum atomic E-state index is 12.2. The highest BCUT2D eigenvalue weighted by atomic mass is 35.5. The molecular weight excluding hydrogens is 366 g/mol. The van der Waals surface area contributed by atoms with E-state index in [1.54, 1.807) is 60.5 Å². The Morgan fingerprint density at radius 3 is 2.22 bits per heavy atom. The second-order valence-corrected chi connectivity index (χ2v) is 6.93. The van der Waals surface area contributed by atoms with Gasteiger partial charge in [-0.1, -0.05) is 11.6 Å². The van der Waals surface area contributed by atoms with Gasteiger partial charge in [0.25, 0.3) is 0 Å². The van der Waals surface area contributed by atoms with Crippen molar-refractivity contribution >= 4 is 34.9 Å². The van der Waals surface area contributed by atoms with E-state index < -0.39 is 0 Å². The number of amides is 3. The number of halogens is 1. The first-order valence-corrected chi connectivity index (χ1v) is 9.20. The predicted molar refractivity (Wildman–Crippen MR) is 106 cm³/mol. The Balaban J connectivity index is 1.41. The molecule has 0 heterocycles. The summed E-state index contributed by atoms with van der Waals surface area (Å²) in [6.45, 7) is 0.807. The fourth-order valence-corrected chi connectivity index (χ4v) is 2.50. The molecular formula is C20H22ClN3O3. The number of hydrogen-bond donors (Lipinski definition) is 2. The topological polar surface area (TPSA) is 70.7 Å². The number of urea groups is 1. The lowest BCUT2D eigenvalue weighted by Crippen LogP contribution is -2.34. The summed E-state index contributed by atoms with van der Waals surface area (Å²) in [6, 6.07) is 13.9. The van der Waals surface area contributed by atoms with Crippen LogP contribution in [-0.2, 0) is 4.79 Å². The summed E-state index contributed by atoms with van der Waals surface area (Å²) in [7, 11) is 1.70. The summed E-state index contributed by atoms with van der Waals surface area (Å²) >= 11 is 5.83. The first kappa shape index (κ1) is 19.0. The largest absolute Gasteiger partial charge is 0.492 e. The van der Waals surface area contributed by atoms with Gasteiger partial charge in [0.15, 0.2) is 0 Å². The molecule has 3 rings (SSSR count). The quantitative estimate of drug-likeness (QED) is 0.746. The Bertz CT molecular complexity index is 789. The molecule has 0 unspecified atom stereocenters. The van der Waals surface area contributed by atoms with E-state index in [0.29, 0.717) is 29.6 Å². The molecule has 6 nitrogen and oxygen atoms in total. The predicted octanol–water partition coefficient (Wildman–Crippen LogP) is 4.23. The highest BCUT2D eigenvalue weighted by Crippen LogP contribution is 2.30. The summed E-state index contributed by atoms with van der Waals surface area (Å²) in [5.41, 5.74) is 1.39. The Morgan fingerprint density at radius 2 is 1.63 bits per heavy atom. The minimum Gasteiger partial charge on any atom is -0.492 e. The molecule has 3 amide bonds. The number of carbonyl (C=O) groups excluding carboxylic acids is 2. The summed E-state index contributed by atoms with van der Waals surface area (Å²) in [5.74, 6) is 0.928. The van der Waals surface area contributed by atoms with Gasteiger partial charge in [-0.3, -0.25) is 4.79 Å². The van der Waals surface area contributed by atoms with Crippen LogP contribution in [0.5, 0.6) is 5.75 Å². The highest BCUT2D eigenvalue weighted by molar-refractivity contribution is 6.30. The SMILES string of the molecule is CN(CCOc1ccc(Cl)cc1)C(=O)Nc1ccc(NC(=O)C2CC2)cc1. The van der Waals surface area contributed by atoms with E-state index in [-0.39, 0.29) is 17.9 Å². The Kier molecular flexibility index (Phi) is 6.19. The van der Waals surface area contributed by atoms with Crippen LogP contribution in [0.3, 0.4) is 0 Å². The fourth-order valence-electron chi connectivity index (χ4n) is 2.38. The monoisotopic (exact) mass is 387 g/mol. The zero-order valence-corrected chi connectivity index (χ0v) is 15.8. The van der Waals surface area contributed by atoms with Crippen LogP contribution >= 0.6 is 11.6 Å². The van der Waals surface area contributed by atoms with Crippen molar-refractivity contribution in [3.05, 3.63) is 53.6 Å². The van der Waals surface area contributed by atoms with Crippen molar-refractivity contribution in [1.29, 1.82) is 0 Å². The van der Waals surface area contributed by atoms with Crippen molar-refractivity contribution in [2.75, 3.05) is 30.8 Å². The van der Waals surface area contributed by atoms with Crippen LogP contribution in [0.15, 0.2) is 48.5 Å². The molecule has 0 saturated heterocycles. The van der Waals surface area contributed by atoms with Crippen LogP contribution < -0.4 is 15.4 Å². The van der Waals surface area contributed by atoms with Gasteiger partial charge < -0.3 is 20.3 Å². The Hall–Kier alpha value is -2.73. The summed E-state index contributed by atoms with van der Waals surface area (Å²) < 4.78 is 5.59. The zero-order valence-electron chi connectivity index (χ0n) is 15.1. The van der Waals surface area contributed by atoms with Crippen molar-refractivity contribution in [2.24, 2.45) is 5.92 Å². The molecule has 1 fully saturated rings. The number of benzene rings is 2. The van der Waals surface area contributed by atoms with Gasteiger partial charge in [0.1, 0.15) is 12.4 Å². The molecule has 0 aromatic heterocycles. The standard InChI is InChI=1S/C20H22ClN3O3/c1-24(12-13-27-18-10-4-15(21)5-11-18)20(26)23-17-8-6-16(7-9-17)22-19(25)14-2-3-14/h4-11,14H,2-3,12-13H2,1H3,(H,22,25)(H,23,26). The van der Waals surface area contributed by atoms with Crippen LogP contribution in [0, 0.1) is 5.92 Å². The van der Waals surface area contributed by atoms with Crippen LogP contribution in [0.1, 0.15) is 12.8 Å². The Labute approximate surface area is 163 Å². The average Bonchev–Trinajstić information content (AvgIpc) is 3.50. The number of carbonyl (C=O) groups is 2. The maximum absolute atomic E-state index is 12.2. The molecule has 27 heavy (non-hydrogen) atoms. The number of ether oxygens (including phenoxy) is 1. The molecule has 2 aromatic rings. The van der Waals surface area contributed by atoms with Crippen LogP contribution in [-0.4, -0.2) is 37.0 Å². The molecule has 7 heteroatoms. The minimum absolute atomic E-state index is 0.0622. The van der Waals surface area contributed by atoms with E-state index in [1.807, 2.05) is 0 Å². The second-order valence-electron chi connectivity index (χ2n) is 6.49. The summed E-state index contributed by atoms with van der Waals surface area (Å²) in [5, 5.41) is 6.33. The average molecular weight is 388 g/mol. The molecule has 1 saturated carbocycles. The minimum atomic E-state index is -0.232. The van der Waals surface area contributed by atoms with Gasteiger partial charge in [-0.15, -0.1) is 0 Å². The number of rotatable bonds is 7. The van der Waals surface area contributed by atoms with Gasteiger partial charge in [-0.25, -0.2) is 4.79 Å². The lowest BCUT2D eigenvalue weighted by molar-refractivity contribution is -0.117. The first-order valence-electron chi connectivity index (χ1n) is 8.82. The van der Waals surface area contributed by atoms with Crippen LogP contribution in [0.4, 0.5) is 16.2 Å². The van der Waals surface area contributed by atoms with E-state index in [4.69, 9.17) is 16.3 Å². The maximum Gasteiger partial charge on any atom is 0.321 e. The van der Waals surface area contributed by atoms with Crippen LogP contribution in [0.2, 0.25) is 5.02 Å². The Morgan fingerprint density at radius 1 is 1.04 bits per heavy atom. The van der Waals surface area contributed by atoms with Crippen LogP contribution in [0.25, 0.3) is 0 Å². The molecule has 0 atom stereocenters. The first-order chi connectivity index (χ1) is 13.0. The van der Waals surface area contributed by atoms with E-state index in [2.05, 4.69) is 10.6 Å². The smallest absolute Gasteiger partial charge is 0.321 e. The number of nitrogens with one attached hydrogen (secondary N) is 2. The van der Waals surface area contributed by atoms with Gasteiger partial charge in [0.2, 0.25) is 5.91 Å². The fraction of sp³-hybridized carbons (Fsp3) is 0.300. The summed E-state index contributed by atoms with van der Waals surface area (Å²) in [4.78, 5) is 25.5. The van der Waals surface area contributed by atoms with Crippen molar-refractivity contribution in [1.82, 2.24) is 4.90 Å². The molecule has 1 aliphatic carbocycles. The third-order valence-electron chi connectivity index (χ3n) is 4.21. The molecule has 142 valence electrons. The number of likely N-dealkylation sites (N-methyl/N-ethyl adjacent to an activating group) is 1. The van der Waals surface area contributed by atoms with Gasteiger partial charge in [-0.2, -0.15) is 0 Å². The molecule has 2 N–H and O–H groups in total. The summed E-state index contributed by atoms with van der Waals surface area (Å²) in [6.07, 6.45) is 1.93. The van der Waals surface area contributed by atoms with E-state index >= 15 is 0 Å². The highest BCUT2D eigenvalue weighted by Gasteiger charge is 2.29. The molecule has 0 spiro atoms. The third-order valence-corrected chi connectivity index (χ3v) is 4.46. The van der Waals surface area contributed by atoms with Gasteiger partial charge in [0, 0.05) is 29.4 Å². The van der Waals surface area contributed by atoms with E-state index in [0.717, 1.165) is 18.5 Å². The third kappa shape index (κ3) is 5.89. The van der Waals surface area contributed by atoms with Crippen molar-refractivity contribution < 1.29 is 14.3 Å². The van der Waals surface area contributed by atoms with E-state index in [1.165, 1.54) is 0 Å². The normalized spacial score (nSPS) is 13.0. The molecule has 0 radical (unpaired) electrons. The van der Waals surface area contributed by atoms with E-state index in [9.17, 15) is 9.59 Å². The molecule has 2 aromatic carbocycles. The second kappa shape index (κ2) is 8.77.